The molecule has 0 fully saturated rings. The molecular weight excluding hydrogens is 394 g/mol. The van der Waals surface area contributed by atoms with Gasteiger partial charge in [-0.2, -0.15) is 0 Å². The van der Waals surface area contributed by atoms with Crippen LogP contribution >= 0.6 is 11.6 Å². The Labute approximate surface area is 172 Å². The van der Waals surface area contributed by atoms with Gasteiger partial charge in [0.05, 0.1) is 11.5 Å². The van der Waals surface area contributed by atoms with Crippen LogP contribution in [0, 0.1) is 0 Å². The van der Waals surface area contributed by atoms with E-state index in [1.165, 1.54) is 5.56 Å². The number of benzene rings is 2. The number of halogens is 1. The first-order valence-electron chi connectivity index (χ1n) is 9.11. The summed E-state index contributed by atoms with van der Waals surface area (Å²) in [5.41, 5.74) is 2.09. The van der Waals surface area contributed by atoms with Crippen molar-refractivity contribution in [3.63, 3.8) is 0 Å². The van der Waals surface area contributed by atoms with E-state index < -0.39 is 10.8 Å². The number of aryl methyl sites for hydroxylation is 1. The molecule has 0 spiro atoms. The summed E-state index contributed by atoms with van der Waals surface area (Å²) in [6.45, 7) is 0.572. The molecule has 0 unspecified atom stereocenters. The van der Waals surface area contributed by atoms with E-state index in [2.05, 4.69) is 17.4 Å². The van der Waals surface area contributed by atoms with Crippen molar-refractivity contribution in [3.8, 4) is 0 Å². The van der Waals surface area contributed by atoms with Crippen LogP contribution in [-0.2, 0) is 28.7 Å². The van der Waals surface area contributed by atoms with Gasteiger partial charge in [-0.05, 0) is 42.2 Å². The van der Waals surface area contributed by atoms with Crippen molar-refractivity contribution in [1.82, 2.24) is 5.32 Å². The molecule has 0 aliphatic carbocycles. The van der Waals surface area contributed by atoms with Gasteiger partial charge in [-0.25, -0.2) is 0 Å². The lowest BCUT2D eigenvalue weighted by atomic mass is 10.1. The summed E-state index contributed by atoms with van der Waals surface area (Å²) < 4.78 is 17.9. The lowest BCUT2D eigenvalue weighted by Gasteiger charge is -2.04. The Kier molecular flexibility index (Phi) is 7.46. The van der Waals surface area contributed by atoms with E-state index in [0.717, 1.165) is 18.4 Å². The van der Waals surface area contributed by atoms with Gasteiger partial charge < -0.3 is 9.73 Å². The van der Waals surface area contributed by atoms with E-state index in [9.17, 15) is 9.00 Å². The van der Waals surface area contributed by atoms with E-state index in [0.29, 0.717) is 23.1 Å². The van der Waals surface area contributed by atoms with E-state index in [1.807, 2.05) is 36.4 Å². The molecule has 0 saturated heterocycles. The minimum absolute atomic E-state index is 0.240. The van der Waals surface area contributed by atoms with Gasteiger partial charge in [-0.15, -0.1) is 0 Å². The van der Waals surface area contributed by atoms with Crippen LogP contribution in [-0.4, -0.2) is 16.7 Å². The average molecular weight is 416 g/mol. The topological polar surface area (TPSA) is 59.3 Å². The normalized spacial score (nSPS) is 11.9. The van der Waals surface area contributed by atoms with Crippen LogP contribution in [0.3, 0.4) is 0 Å². The molecule has 146 valence electrons. The fourth-order valence-electron chi connectivity index (χ4n) is 2.80. The van der Waals surface area contributed by atoms with Gasteiger partial charge in [0.1, 0.15) is 5.76 Å². The number of amides is 1. The van der Waals surface area contributed by atoms with Gasteiger partial charge in [-0.1, -0.05) is 60.1 Å². The van der Waals surface area contributed by atoms with Gasteiger partial charge in [0.25, 0.3) is 5.91 Å². The molecule has 28 heavy (non-hydrogen) atoms. The smallest absolute Gasteiger partial charge is 0.286 e. The summed E-state index contributed by atoms with van der Waals surface area (Å²) in [6, 6.07) is 20.8. The Balaban J connectivity index is 1.44. The Bertz CT molecular complexity index is 940. The van der Waals surface area contributed by atoms with Crippen LogP contribution in [0.25, 0.3) is 0 Å². The minimum Gasteiger partial charge on any atom is -0.455 e. The average Bonchev–Trinajstić information content (AvgIpc) is 3.16. The van der Waals surface area contributed by atoms with Gasteiger partial charge in [0.15, 0.2) is 5.76 Å². The summed E-state index contributed by atoms with van der Waals surface area (Å²) in [7, 11) is -1.17. The van der Waals surface area contributed by atoms with Gasteiger partial charge in [0.2, 0.25) is 0 Å². The van der Waals surface area contributed by atoms with Crippen LogP contribution in [0.1, 0.15) is 33.9 Å². The molecule has 1 heterocycles. The first-order chi connectivity index (χ1) is 13.6. The van der Waals surface area contributed by atoms with Gasteiger partial charge in [-0.3, -0.25) is 9.00 Å². The zero-order valence-electron chi connectivity index (χ0n) is 15.4. The Morgan fingerprint density at radius 2 is 1.71 bits per heavy atom. The monoisotopic (exact) mass is 415 g/mol. The highest BCUT2D eigenvalue weighted by molar-refractivity contribution is 7.83. The maximum absolute atomic E-state index is 12.4. The molecule has 0 saturated carbocycles. The van der Waals surface area contributed by atoms with Crippen molar-refractivity contribution in [3.05, 3.63) is 94.4 Å². The number of furan rings is 1. The molecule has 1 N–H and O–H groups in total. The Hall–Kier alpha value is -2.37. The number of rotatable bonds is 9. The van der Waals surface area contributed by atoms with Crippen molar-refractivity contribution < 1.29 is 13.4 Å². The van der Waals surface area contributed by atoms with Gasteiger partial charge in [0, 0.05) is 22.4 Å². The standard InChI is InChI=1S/C22H22ClNO3S/c23-20-11-5-4-10-18(20)15-28(26)16-19-12-13-21(27-19)22(25)24-14-6-9-17-7-2-1-3-8-17/h1-5,7-8,10-13H,6,9,14-16H2,(H,24,25)/t28-/m0/s1. The summed E-state index contributed by atoms with van der Waals surface area (Å²) >= 11 is 6.11. The quantitative estimate of drug-likeness (QED) is 0.513. The number of carbonyl (C=O) groups excluding carboxylic acids is 1. The SMILES string of the molecule is O=C(NCCCc1ccccc1)c1ccc(C[S@@](=O)Cc2ccccc2Cl)o1. The van der Waals surface area contributed by atoms with Crippen LogP contribution in [0.2, 0.25) is 5.02 Å². The van der Waals surface area contributed by atoms with Crippen LogP contribution in [0.4, 0.5) is 0 Å². The molecule has 3 aromatic rings. The van der Waals surface area contributed by atoms with Crippen molar-refractivity contribution in [2.45, 2.75) is 24.3 Å². The fourth-order valence-corrected chi connectivity index (χ4v) is 4.26. The number of nitrogens with one attached hydrogen (secondary N) is 1. The minimum atomic E-state index is -1.17. The largest absolute Gasteiger partial charge is 0.455 e. The molecule has 1 aromatic heterocycles. The molecule has 0 bridgehead atoms. The summed E-state index contributed by atoms with van der Waals surface area (Å²) in [5, 5.41) is 3.46. The van der Waals surface area contributed by atoms with Crippen LogP contribution in [0.15, 0.2) is 71.1 Å². The van der Waals surface area contributed by atoms with Crippen LogP contribution in [0.5, 0.6) is 0 Å². The predicted octanol–water partition coefficient (Wildman–Crippen LogP) is 4.74. The fraction of sp³-hybridized carbons (Fsp3) is 0.227. The highest BCUT2D eigenvalue weighted by Crippen LogP contribution is 2.18. The molecule has 6 heteroatoms. The van der Waals surface area contributed by atoms with Crippen molar-refractivity contribution in [2.75, 3.05) is 6.54 Å². The third-order valence-electron chi connectivity index (χ3n) is 4.23. The van der Waals surface area contributed by atoms with E-state index in [1.54, 1.807) is 18.2 Å². The Morgan fingerprint density at radius 3 is 2.50 bits per heavy atom. The lowest BCUT2D eigenvalue weighted by Crippen LogP contribution is -2.24. The third-order valence-corrected chi connectivity index (χ3v) is 5.84. The molecule has 1 amide bonds. The zero-order valence-corrected chi connectivity index (χ0v) is 17.0. The molecule has 0 radical (unpaired) electrons. The van der Waals surface area contributed by atoms with E-state index in [4.69, 9.17) is 16.0 Å². The Morgan fingerprint density at radius 1 is 0.964 bits per heavy atom. The first kappa shape index (κ1) is 20.4. The molecule has 0 aliphatic rings. The number of carbonyl (C=O) groups is 1. The molecule has 3 rings (SSSR count). The highest BCUT2D eigenvalue weighted by atomic mass is 35.5. The summed E-state index contributed by atoms with van der Waals surface area (Å²) in [5.74, 6) is 1.11. The maximum Gasteiger partial charge on any atom is 0.286 e. The van der Waals surface area contributed by atoms with E-state index >= 15 is 0 Å². The summed E-state index contributed by atoms with van der Waals surface area (Å²) in [4.78, 5) is 12.2. The molecule has 2 aromatic carbocycles. The second-order valence-electron chi connectivity index (χ2n) is 6.43. The third kappa shape index (κ3) is 6.08. The second kappa shape index (κ2) is 10.2. The second-order valence-corrected chi connectivity index (χ2v) is 8.30. The highest BCUT2D eigenvalue weighted by Gasteiger charge is 2.13. The molecule has 4 nitrogen and oxygen atoms in total. The molecule has 1 atom stereocenters. The summed E-state index contributed by atoms with van der Waals surface area (Å²) in [6.07, 6.45) is 1.76. The lowest BCUT2D eigenvalue weighted by molar-refractivity contribution is 0.0924. The predicted molar refractivity (Wildman–Crippen MR) is 113 cm³/mol. The van der Waals surface area contributed by atoms with E-state index in [-0.39, 0.29) is 17.4 Å². The van der Waals surface area contributed by atoms with Crippen molar-refractivity contribution in [1.29, 1.82) is 0 Å². The maximum atomic E-state index is 12.4. The number of hydrogen-bond donors (Lipinski definition) is 1. The zero-order chi connectivity index (χ0) is 19.8. The number of hydrogen-bond acceptors (Lipinski definition) is 3. The molecular formula is C22H22ClNO3S. The van der Waals surface area contributed by atoms with Crippen molar-refractivity contribution in [2.24, 2.45) is 0 Å². The van der Waals surface area contributed by atoms with Crippen molar-refractivity contribution >= 4 is 28.3 Å². The molecule has 0 aliphatic heterocycles. The van der Waals surface area contributed by atoms with Gasteiger partial charge >= 0.3 is 0 Å². The first-order valence-corrected chi connectivity index (χ1v) is 11.0. The van der Waals surface area contributed by atoms with Crippen LogP contribution < -0.4 is 5.32 Å².